The fourth-order valence-corrected chi connectivity index (χ4v) is 2.55. The quantitative estimate of drug-likeness (QED) is 0.690. The number of carbonyl (C=O) groups is 2. The molecule has 0 atom stereocenters. The van der Waals surface area contributed by atoms with Crippen LogP contribution in [0, 0.1) is 0 Å². The summed E-state index contributed by atoms with van der Waals surface area (Å²) in [6.45, 7) is 0.0642. The highest BCUT2D eigenvalue weighted by Gasteiger charge is 2.13. The Labute approximate surface area is 164 Å². The Bertz CT molecular complexity index is 786. The van der Waals surface area contributed by atoms with Crippen LogP contribution in [0.1, 0.15) is 0 Å². The molecule has 2 aromatic rings. The molecule has 0 radical (unpaired) electrons. The molecule has 138 valence electrons. The maximum Gasteiger partial charge on any atom is 0.239 e. The zero-order valence-electron chi connectivity index (χ0n) is 14.3. The van der Waals surface area contributed by atoms with E-state index in [1.54, 1.807) is 48.5 Å². The van der Waals surface area contributed by atoms with Crippen LogP contribution >= 0.6 is 27.5 Å². The van der Waals surface area contributed by atoms with Crippen LogP contribution in [0.15, 0.2) is 41.0 Å². The SMILES string of the molecule is COc1ccc(Cl)cc1NC(=O)CN(C)CC(=O)Nc1ccc(Br)cn1. The Balaban J connectivity index is 1.86. The van der Waals surface area contributed by atoms with Crippen molar-refractivity contribution in [2.24, 2.45) is 0 Å². The van der Waals surface area contributed by atoms with Crippen LogP contribution < -0.4 is 15.4 Å². The zero-order valence-corrected chi connectivity index (χ0v) is 16.6. The van der Waals surface area contributed by atoms with Gasteiger partial charge in [0, 0.05) is 15.7 Å². The molecule has 0 bridgehead atoms. The van der Waals surface area contributed by atoms with E-state index >= 15 is 0 Å². The molecule has 26 heavy (non-hydrogen) atoms. The maximum absolute atomic E-state index is 12.2. The predicted octanol–water partition coefficient (Wildman–Crippen LogP) is 3.02. The van der Waals surface area contributed by atoms with Crippen LogP contribution in [0.5, 0.6) is 5.75 Å². The highest BCUT2D eigenvalue weighted by molar-refractivity contribution is 9.10. The average Bonchev–Trinajstić information content (AvgIpc) is 2.56. The molecule has 1 heterocycles. The van der Waals surface area contributed by atoms with E-state index in [2.05, 4.69) is 31.5 Å². The van der Waals surface area contributed by atoms with Gasteiger partial charge in [-0.25, -0.2) is 4.98 Å². The van der Waals surface area contributed by atoms with Gasteiger partial charge in [-0.1, -0.05) is 11.6 Å². The van der Waals surface area contributed by atoms with Gasteiger partial charge in [-0.05, 0) is 53.3 Å². The van der Waals surface area contributed by atoms with E-state index in [0.29, 0.717) is 22.3 Å². The summed E-state index contributed by atoms with van der Waals surface area (Å²) in [6, 6.07) is 8.39. The van der Waals surface area contributed by atoms with Gasteiger partial charge in [0.1, 0.15) is 11.6 Å². The number of rotatable bonds is 7. The summed E-state index contributed by atoms with van der Waals surface area (Å²) < 4.78 is 6.00. The highest BCUT2D eigenvalue weighted by Crippen LogP contribution is 2.27. The summed E-state index contributed by atoms with van der Waals surface area (Å²) in [5, 5.41) is 5.87. The lowest BCUT2D eigenvalue weighted by Gasteiger charge is -2.16. The first-order valence-electron chi connectivity index (χ1n) is 7.60. The van der Waals surface area contributed by atoms with Crippen molar-refractivity contribution >= 4 is 50.9 Å². The molecular formula is C17H18BrClN4O3. The molecule has 0 aliphatic carbocycles. The van der Waals surface area contributed by atoms with Crippen LogP contribution in [0.25, 0.3) is 0 Å². The third kappa shape index (κ3) is 6.29. The summed E-state index contributed by atoms with van der Waals surface area (Å²) >= 11 is 9.22. The molecule has 2 N–H and O–H groups in total. The number of hydrogen-bond acceptors (Lipinski definition) is 5. The summed E-state index contributed by atoms with van der Waals surface area (Å²) in [5.74, 6) is 0.391. The number of anilines is 2. The third-order valence-corrected chi connectivity index (χ3v) is 3.96. The van der Waals surface area contributed by atoms with Crippen molar-refractivity contribution in [1.82, 2.24) is 9.88 Å². The molecule has 1 aromatic heterocycles. The molecular weight excluding hydrogens is 424 g/mol. The lowest BCUT2D eigenvalue weighted by molar-refractivity contribution is -0.119. The fourth-order valence-electron chi connectivity index (χ4n) is 2.15. The zero-order chi connectivity index (χ0) is 19.1. The Morgan fingerprint density at radius 3 is 2.50 bits per heavy atom. The minimum absolute atomic E-state index is 0.0247. The van der Waals surface area contributed by atoms with Crippen molar-refractivity contribution in [1.29, 1.82) is 0 Å². The number of aromatic nitrogens is 1. The van der Waals surface area contributed by atoms with Gasteiger partial charge in [-0.2, -0.15) is 0 Å². The van der Waals surface area contributed by atoms with Gasteiger partial charge in [-0.15, -0.1) is 0 Å². The molecule has 0 aliphatic heterocycles. The number of nitrogens with one attached hydrogen (secondary N) is 2. The number of likely N-dealkylation sites (N-methyl/N-ethyl adjacent to an activating group) is 1. The number of carbonyl (C=O) groups excluding carboxylic acids is 2. The van der Waals surface area contributed by atoms with E-state index in [0.717, 1.165) is 4.47 Å². The standard InChI is InChI=1S/C17H18BrClN4O3/c1-23(10-17(25)22-15-6-3-11(18)8-20-15)9-16(24)21-13-7-12(19)4-5-14(13)26-2/h3-8H,9-10H2,1-2H3,(H,21,24)(H,20,22,25). The van der Waals surface area contributed by atoms with Gasteiger partial charge in [0.25, 0.3) is 0 Å². The second-order valence-corrected chi connectivity index (χ2v) is 6.83. The van der Waals surface area contributed by atoms with E-state index in [4.69, 9.17) is 16.3 Å². The molecule has 0 unspecified atom stereocenters. The van der Waals surface area contributed by atoms with Crippen molar-refractivity contribution < 1.29 is 14.3 Å². The Morgan fingerprint density at radius 1 is 1.19 bits per heavy atom. The van der Waals surface area contributed by atoms with Crippen molar-refractivity contribution in [3.05, 3.63) is 46.0 Å². The van der Waals surface area contributed by atoms with Crippen LogP contribution in [-0.4, -0.2) is 48.9 Å². The lowest BCUT2D eigenvalue weighted by atomic mass is 10.3. The lowest BCUT2D eigenvalue weighted by Crippen LogP contribution is -2.36. The minimum atomic E-state index is -0.289. The Kier molecular flexibility index (Phi) is 7.38. The van der Waals surface area contributed by atoms with Gasteiger partial charge in [-0.3, -0.25) is 14.5 Å². The van der Waals surface area contributed by atoms with Gasteiger partial charge in [0.05, 0.1) is 25.9 Å². The predicted molar refractivity (Wildman–Crippen MR) is 105 cm³/mol. The number of benzene rings is 1. The van der Waals surface area contributed by atoms with Crippen molar-refractivity contribution in [3.63, 3.8) is 0 Å². The van der Waals surface area contributed by atoms with Crippen molar-refractivity contribution in [3.8, 4) is 5.75 Å². The topological polar surface area (TPSA) is 83.6 Å². The molecule has 1 aromatic carbocycles. The van der Waals surface area contributed by atoms with E-state index in [1.165, 1.54) is 7.11 Å². The molecule has 7 nitrogen and oxygen atoms in total. The Morgan fingerprint density at radius 2 is 1.88 bits per heavy atom. The van der Waals surface area contributed by atoms with E-state index in [-0.39, 0.29) is 24.9 Å². The fraction of sp³-hybridized carbons (Fsp3) is 0.235. The molecule has 0 saturated carbocycles. The van der Waals surface area contributed by atoms with Crippen LogP contribution in [-0.2, 0) is 9.59 Å². The van der Waals surface area contributed by atoms with Crippen LogP contribution in [0.3, 0.4) is 0 Å². The van der Waals surface area contributed by atoms with Crippen molar-refractivity contribution in [2.45, 2.75) is 0 Å². The largest absolute Gasteiger partial charge is 0.495 e. The molecule has 0 fully saturated rings. The van der Waals surface area contributed by atoms with E-state index < -0.39 is 0 Å². The van der Waals surface area contributed by atoms with Crippen LogP contribution in [0.4, 0.5) is 11.5 Å². The number of pyridine rings is 1. The number of amides is 2. The van der Waals surface area contributed by atoms with Crippen molar-refractivity contribution in [2.75, 3.05) is 37.9 Å². The molecule has 0 saturated heterocycles. The number of nitrogens with zero attached hydrogens (tertiary/aromatic N) is 2. The number of ether oxygens (including phenoxy) is 1. The molecule has 0 spiro atoms. The van der Waals surface area contributed by atoms with Gasteiger partial charge >= 0.3 is 0 Å². The van der Waals surface area contributed by atoms with Gasteiger partial charge in [0.15, 0.2) is 0 Å². The summed E-state index contributed by atoms with van der Waals surface area (Å²) in [5.41, 5.74) is 0.474. The highest BCUT2D eigenvalue weighted by atomic mass is 79.9. The molecule has 9 heteroatoms. The summed E-state index contributed by atoms with van der Waals surface area (Å²) in [6.07, 6.45) is 1.59. The third-order valence-electron chi connectivity index (χ3n) is 3.26. The van der Waals surface area contributed by atoms with Gasteiger partial charge < -0.3 is 15.4 Å². The average molecular weight is 442 g/mol. The molecule has 2 amide bonds. The molecule has 0 aliphatic rings. The van der Waals surface area contributed by atoms with E-state index in [9.17, 15) is 9.59 Å². The first kappa shape index (κ1) is 20.2. The first-order valence-corrected chi connectivity index (χ1v) is 8.78. The van der Waals surface area contributed by atoms with E-state index in [1.807, 2.05) is 0 Å². The maximum atomic E-state index is 12.2. The monoisotopic (exact) mass is 440 g/mol. The van der Waals surface area contributed by atoms with Crippen LogP contribution in [0.2, 0.25) is 5.02 Å². The second-order valence-electron chi connectivity index (χ2n) is 5.47. The first-order chi connectivity index (χ1) is 12.4. The minimum Gasteiger partial charge on any atom is -0.495 e. The second kappa shape index (κ2) is 9.51. The van der Waals surface area contributed by atoms with Gasteiger partial charge in [0.2, 0.25) is 11.8 Å². The number of methoxy groups -OCH3 is 1. The number of halogens is 2. The normalized spacial score (nSPS) is 10.5. The molecule has 2 rings (SSSR count). The Hall–Kier alpha value is -2.16. The summed E-state index contributed by atoms with van der Waals surface area (Å²) in [7, 11) is 3.18. The summed E-state index contributed by atoms with van der Waals surface area (Å²) in [4.78, 5) is 29.8. The smallest absolute Gasteiger partial charge is 0.239 e. The number of hydrogen-bond donors (Lipinski definition) is 2.